The zero-order valence-electron chi connectivity index (χ0n) is 32.4. The van der Waals surface area contributed by atoms with Crippen LogP contribution >= 0.6 is 0 Å². The summed E-state index contributed by atoms with van der Waals surface area (Å²) in [5.41, 5.74) is 9.45. The fraction of sp³-hybridized carbons (Fsp3) is 0.255. The van der Waals surface area contributed by atoms with Crippen LogP contribution in [0.15, 0.2) is 110 Å². The van der Waals surface area contributed by atoms with Crippen molar-refractivity contribution in [3.05, 3.63) is 145 Å². The Balaban J connectivity index is 0.00000450. The molecule has 0 aliphatic carbocycles. The van der Waals surface area contributed by atoms with Crippen molar-refractivity contribution < 1.29 is 30.4 Å². The van der Waals surface area contributed by atoms with E-state index in [1.807, 2.05) is 16.8 Å². The summed E-state index contributed by atoms with van der Waals surface area (Å²) in [5, 5.41) is 2.21. The first-order valence-corrected chi connectivity index (χ1v) is 18.2. The molecular formula is C47H45N5OPt-2. The van der Waals surface area contributed by atoms with Gasteiger partial charge < -0.3 is 18.9 Å². The first kappa shape index (κ1) is 37.3. The molecule has 0 spiro atoms. The number of benzene rings is 4. The van der Waals surface area contributed by atoms with E-state index in [1.54, 1.807) is 12.4 Å². The number of para-hydroxylation sites is 1. The SMILES string of the molecule is CC(C)(C)c1cccc(-[n+]2[c-]n(-c3[c-]c(Oc4[c-]c5c(cc4)c4ccccc4n5-c4cc(C(C)(C)C)ccn4)cnc3)c3cc(C(C)(C)C)ccc32)c1.[Pt]. The molecule has 0 unspecified atom stereocenters. The molecule has 54 heavy (non-hydrogen) atoms. The van der Waals surface area contributed by atoms with E-state index in [0.717, 1.165) is 50.0 Å². The normalized spacial score (nSPS) is 12.4. The molecule has 8 aromatic rings. The molecule has 6 nitrogen and oxygen atoms in total. The predicted octanol–water partition coefficient (Wildman–Crippen LogP) is 10.9. The average molecular weight is 891 g/mol. The van der Waals surface area contributed by atoms with Gasteiger partial charge in [-0.3, -0.25) is 4.57 Å². The van der Waals surface area contributed by atoms with Gasteiger partial charge >= 0.3 is 0 Å². The van der Waals surface area contributed by atoms with Crippen LogP contribution in [0.3, 0.4) is 0 Å². The number of ether oxygens (including phenoxy) is 1. The number of fused-ring (bicyclic) bond motifs is 4. The number of rotatable bonds is 5. The van der Waals surface area contributed by atoms with Gasteiger partial charge in [0.1, 0.15) is 5.82 Å². The third kappa shape index (κ3) is 6.89. The number of imidazole rings is 1. The minimum Gasteiger partial charge on any atom is -0.508 e. The number of hydrogen-bond acceptors (Lipinski definition) is 3. The Morgan fingerprint density at radius 3 is 2.11 bits per heavy atom. The summed E-state index contributed by atoms with van der Waals surface area (Å²) in [4.78, 5) is 9.44. The first-order valence-electron chi connectivity index (χ1n) is 18.2. The molecule has 7 heteroatoms. The molecule has 4 heterocycles. The van der Waals surface area contributed by atoms with E-state index in [2.05, 4.69) is 180 Å². The molecular weight excluding hydrogens is 846 g/mol. The van der Waals surface area contributed by atoms with Crippen LogP contribution in [-0.4, -0.2) is 19.1 Å². The van der Waals surface area contributed by atoms with Gasteiger partial charge in [0, 0.05) is 44.3 Å². The van der Waals surface area contributed by atoms with Gasteiger partial charge in [0.15, 0.2) is 0 Å². The third-order valence-corrected chi connectivity index (χ3v) is 9.99. The second kappa shape index (κ2) is 13.7. The summed E-state index contributed by atoms with van der Waals surface area (Å²) in [5.74, 6) is 1.89. The van der Waals surface area contributed by atoms with E-state index in [-0.39, 0.29) is 37.3 Å². The van der Waals surface area contributed by atoms with Crippen LogP contribution < -0.4 is 9.30 Å². The van der Waals surface area contributed by atoms with E-state index in [4.69, 9.17) is 9.72 Å². The van der Waals surface area contributed by atoms with Gasteiger partial charge in [-0.1, -0.05) is 116 Å². The van der Waals surface area contributed by atoms with Gasteiger partial charge in [-0.25, -0.2) is 4.98 Å². The van der Waals surface area contributed by atoms with Gasteiger partial charge in [0.05, 0.1) is 16.7 Å². The zero-order chi connectivity index (χ0) is 37.3. The van der Waals surface area contributed by atoms with Gasteiger partial charge in [-0.15, -0.1) is 23.6 Å². The first-order chi connectivity index (χ1) is 25.1. The monoisotopic (exact) mass is 890 g/mol. The molecule has 0 fully saturated rings. The Morgan fingerprint density at radius 1 is 0.630 bits per heavy atom. The smallest absolute Gasteiger partial charge is 0.268 e. The quantitative estimate of drug-likeness (QED) is 0.128. The summed E-state index contributed by atoms with van der Waals surface area (Å²) in [6.07, 6.45) is 9.03. The summed E-state index contributed by atoms with van der Waals surface area (Å²) in [6, 6.07) is 39.1. The predicted molar refractivity (Wildman–Crippen MR) is 214 cm³/mol. The van der Waals surface area contributed by atoms with Crippen LogP contribution in [0.25, 0.3) is 50.0 Å². The van der Waals surface area contributed by atoms with Crippen LogP contribution in [0, 0.1) is 18.5 Å². The Bertz CT molecular complexity index is 2670. The average Bonchev–Trinajstić information content (AvgIpc) is 3.66. The van der Waals surface area contributed by atoms with Crippen molar-refractivity contribution in [1.29, 1.82) is 0 Å². The maximum absolute atomic E-state index is 6.51. The summed E-state index contributed by atoms with van der Waals surface area (Å²) in [7, 11) is 0. The molecule has 0 atom stereocenters. The molecule has 0 N–H and O–H groups in total. The van der Waals surface area contributed by atoms with Crippen LogP contribution in [0.5, 0.6) is 11.5 Å². The molecule has 276 valence electrons. The molecule has 0 aliphatic heterocycles. The molecule has 0 radical (unpaired) electrons. The van der Waals surface area contributed by atoms with Crippen LogP contribution in [0.4, 0.5) is 0 Å². The van der Waals surface area contributed by atoms with Gasteiger partial charge in [-0.05, 0) is 86.6 Å². The van der Waals surface area contributed by atoms with Crippen LogP contribution in [-0.2, 0) is 37.3 Å². The Kier molecular flexibility index (Phi) is 9.42. The molecule has 8 rings (SSSR count). The maximum Gasteiger partial charge on any atom is 0.268 e. The van der Waals surface area contributed by atoms with E-state index >= 15 is 0 Å². The van der Waals surface area contributed by atoms with E-state index in [0.29, 0.717) is 11.5 Å². The van der Waals surface area contributed by atoms with Crippen molar-refractivity contribution >= 4 is 32.8 Å². The second-order valence-corrected chi connectivity index (χ2v) is 17.0. The van der Waals surface area contributed by atoms with Crippen molar-refractivity contribution in [1.82, 2.24) is 19.1 Å². The van der Waals surface area contributed by atoms with Crippen molar-refractivity contribution in [3.63, 3.8) is 0 Å². The van der Waals surface area contributed by atoms with Crippen LogP contribution in [0.1, 0.15) is 79.0 Å². The molecule has 0 aliphatic rings. The van der Waals surface area contributed by atoms with Crippen molar-refractivity contribution in [2.45, 2.75) is 78.6 Å². The van der Waals surface area contributed by atoms with Gasteiger partial charge in [0.2, 0.25) is 0 Å². The molecule has 0 amide bonds. The number of nitrogens with zero attached hydrogens (tertiary/aromatic N) is 5. The minimum atomic E-state index is -0.0340. The number of hydrogen-bond donors (Lipinski definition) is 0. The molecule has 0 saturated carbocycles. The van der Waals surface area contributed by atoms with E-state index in [1.165, 1.54) is 16.7 Å². The van der Waals surface area contributed by atoms with E-state index < -0.39 is 0 Å². The molecule has 4 aromatic carbocycles. The van der Waals surface area contributed by atoms with Crippen molar-refractivity contribution in [2.75, 3.05) is 0 Å². The third-order valence-electron chi connectivity index (χ3n) is 9.99. The number of aromatic nitrogens is 5. The largest absolute Gasteiger partial charge is 0.508 e. The maximum atomic E-state index is 6.51. The van der Waals surface area contributed by atoms with Gasteiger partial charge in [-0.2, -0.15) is 6.07 Å². The molecule has 0 saturated heterocycles. The van der Waals surface area contributed by atoms with Crippen LogP contribution in [0.2, 0.25) is 0 Å². The van der Waals surface area contributed by atoms with Gasteiger partial charge in [0.25, 0.3) is 6.33 Å². The number of pyridine rings is 2. The van der Waals surface area contributed by atoms with E-state index in [9.17, 15) is 0 Å². The summed E-state index contributed by atoms with van der Waals surface area (Å²) >= 11 is 0. The standard InChI is InChI=1S/C47H45N5O.Pt/c1-45(2,3)31-13-12-14-34(23-31)50-30-51(43-24-32(46(4,5)6)17-20-41(43)50)35-26-37(29-48-28-35)53-36-18-19-39-38-15-10-11-16-40(38)52(42(39)27-36)44-25-33(21-22-49-44)47(7,8)9;/h10-25,28-29H,1-9H3;/q-2;. The fourth-order valence-electron chi connectivity index (χ4n) is 6.89. The fourth-order valence-corrected chi connectivity index (χ4v) is 6.89. The Hall–Kier alpha value is -5.06. The topological polar surface area (TPSA) is 48.8 Å². The Morgan fingerprint density at radius 2 is 1.35 bits per heavy atom. The summed E-state index contributed by atoms with van der Waals surface area (Å²) < 4.78 is 12.8. The second-order valence-electron chi connectivity index (χ2n) is 17.0. The zero-order valence-corrected chi connectivity index (χ0v) is 34.6. The summed E-state index contributed by atoms with van der Waals surface area (Å²) in [6.45, 7) is 20.1. The van der Waals surface area contributed by atoms with Crippen molar-refractivity contribution in [2.24, 2.45) is 0 Å². The van der Waals surface area contributed by atoms with Crippen molar-refractivity contribution in [3.8, 4) is 28.7 Å². The molecule has 0 bridgehead atoms. The minimum absolute atomic E-state index is 0. The molecule has 4 aromatic heterocycles. The Labute approximate surface area is 332 Å².